The van der Waals surface area contributed by atoms with E-state index in [1.54, 1.807) is 4.57 Å². The van der Waals surface area contributed by atoms with E-state index >= 15 is 0 Å². The largest absolute Gasteiger partial charge is 0.353 e. The molecule has 4 rings (SSSR count). The lowest BCUT2D eigenvalue weighted by molar-refractivity contribution is -0.119. The van der Waals surface area contributed by atoms with Crippen LogP contribution in [0.15, 0.2) is 34.2 Å². The molecule has 1 aromatic carbocycles. The van der Waals surface area contributed by atoms with Crippen LogP contribution in [-0.4, -0.2) is 27.3 Å². The van der Waals surface area contributed by atoms with E-state index in [4.69, 9.17) is 4.98 Å². The molecule has 0 spiro atoms. The second-order valence-electron chi connectivity index (χ2n) is 7.32. The number of carbonyl (C=O) groups is 1. The second-order valence-corrected chi connectivity index (χ2v) is 9.31. The number of aromatic nitrogens is 2. The number of thioether (sulfide) groups is 1. The van der Waals surface area contributed by atoms with Gasteiger partial charge < -0.3 is 5.32 Å². The molecule has 3 aromatic rings. The number of hydrogen-bond acceptors (Lipinski definition) is 5. The molecule has 0 bridgehead atoms. The molecule has 0 atom stereocenters. The minimum absolute atomic E-state index is 0.0124. The van der Waals surface area contributed by atoms with E-state index < -0.39 is 0 Å². The Morgan fingerprint density at radius 1 is 1.32 bits per heavy atom. The van der Waals surface area contributed by atoms with E-state index in [9.17, 15) is 9.59 Å². The number of hydrogen-bond donors (Lipinski definition) is 1. The summed E-state index contributed by atoms with van der Waals surface area (Å²) in [5.74, 6) is 0.325. The number of amides is 1. The number of fused-ring (bicyclic) bond motifs is 3. The molecule has 0 saturated heterocycles. The molecule has 2 heterocycles. The summed E-state index contributed by atoms with van der Waals surface area (Å²) in [5.41, 5.74) is 0.774. The Hall–Kier alpha value is -1.86. The van der Waals surface area contributed by atoms with Crippen molar-refractivity contribution in [3.8, 4) is 0 Å². The number of thiophene rings is 1. The molecule has 0 radical (unpaired) electrons. The second kappa shape index (κ2) is 8.66. The van der Waals surface area contributed by atoms with Gasteiger partial charge in [0.1, 0.15) is 4.70 Å². The van der Waals surface area contributed by atoms with Crippen molar-refractivity contribution in [1.29, 1.82) is 0 Å². The summed E-state index contributed by atoms with van der Waals surface area (Å²) in [6.45, 7) is 2.75. The minimum atomic E-state index is 0.0124. The third-order valence-corrected chi connectivity index (χ3v) is 7.36. The van der Waals surface area contributed by atoms with Crippen LogP contribution in [-0.2, 0) is 11.3 Å². The van der Waals surface area contributed by atoms with Crippen molar-refractivity contribution in [2.75, 3.05) is 5.75 Å². The highest BCUT2D eigenvalue weighted by Crippen LogP contribution is 2.31. The summed E-state index contributed by atoms with van der Waals surface area (Å²) < 4.78 is 3.54. The summed E-state index contributed by atoms with van der Waals surface area (Å²) in [4.78, 5) is 30.4. The monoisotopic (exact) mass is 415 g/mol. The van der Waals surface area contributed by atoms with Gasteiger partial charge in [-0.2, -0.15) is 0 Å². The molecule has 1 aliphatic rings. The van der Waals surface area contributed by atoms with Gasteiger partial charge in [-0.3, -0.25) is 14.2 Å². The Kier molecular flexibility index (Phi) is 6.01. The Morgan fingerprint density at radius 2 is 2.11 bits per heavy atom. The normalized spacial score (nSPS) is 14.9. The summed E-state index contributed by atoms with van der Waals surface area (Å²) in [6.07, 6.45) is 6.45. The van der Waals surface area contributed by atoms with Gasteiger partial charge in [-0.05, 0) is 25.3 Å². The van der Waals surface area contributed by atoms with Crippen LogP contribution in [0, 0.1) is 0 Å². The fraction of sp³-hybridized carbons (Fsp3) is 0.476. The highest BCUT2D eigenvalue weighted by molar-refractivity contribution is 7.99. The van der Waals surface area contributed by atoms with Gasteiger partial charge in [0.2, 0.25) is 5.91 Å². The lowest BCUT2D eigenvalue weighted by Gasteiger charge is -2.13. The summed E-state index contributed by atoms with van der Waals surface area (Å²) >= 11 is 2.88. The smallest absolute Gasteiger partial charge is 0.272 e. The molecule has 1 aliphatic carbocycles. The molecule has 2 aromatic heterocycles. The first-order valence-corrected chi connectivity index (χ1v) is 11.8. The number of unbranched alkanes of at least 4 members (excludes halogenated alkanes) is 1. The molecule has 0 unspecified atom stereocenters. The SMILES string of the molecule is CCCCn1c(SCC(=O)NC2CCCC2)nc2c(sc3ccccc32)c1=O. The van der Waals surface area contributed by atoms with Crippen LogP contribution < -0.4 is 10.9 Å². The van der Waals surface area contributed by atoms with Crippen LogP contribution in [0.2, 0.25) is 0 Å². The Labute approximate surface area is 172 Å². The molecular weight excluding hydrogens is 390 g/mol. The highest BCUT2D eigenvalue weighted by atomic mass is 32.2. The van der Waals surface area contributed by atoms with Crippen molar-refractivity contribution in [3.05, 3.63) is 34.6 Å². The van der Waals surface area contributed by atoms with Crippen LogP contribution >= 0.6 is 23.1 Å². The van der Waals surface area contributed by atoms with Crippen LogP contribution in [0.25, 0.3) is 20.3 Å². The van der Waals surface area contributed by atoms with Gasteiger partial charge in [0.15, 0.2) is 5.16 Å². The van der Waals surface area contributed by atoms with Crippen molar-refractivity contribution < 1.29 is 4.79 Å². The quantitative estimate of drug-likeness (QED) is 0.454. The van der Waals surface area contributed by atoms with Gasteiger partial charge in [0.25, 0.3) is 5.56 Å². The number of rotatable bonds is 7. The van der Waals surface area contributed by atoms with Crippen LogP contribution in [0.3, 0.4) is 0 Å². The minimum Gasteiger partial charge on any atom is -0.353 e. The van der Waals surface area contributed by atoms with E-state index in [1.807, 2.05) is 24.3 Å². The molecule has 7 heteroatoms. The first-order chi connectivity index (χ1) is 13.7. The zero-order valence-electron chi connectivity index (χ0n) is 16.1. The first kappa shape index (κ1) is 19.5. The lowest BCUT2D eigenvalue weighted by atomic mass is 10.2. The molecule has 1 fully saturated rings. The third kappa shape index (κ3) is 3.96. The van der Waals surface area contributed by atoms with Gasteiger partial charge in [-0.15, -0.1) is 11.3 Å². The first-order valence-electron chi connectivity index (χ1n) is 10.0. The molecule has 1 N–H and O–H groups in total. The molecular formula is C21H25N3O2S2. The number of carbonyl (C=O) groups excluding carboxylic acids is 1. The van der Waals surface area contributed by atoms with Gasteiger partial charge in [-0.1, -0.05) is 56.1 Å². The van der Waals surface area contributed by atoms with Crippen LogP contribution in [0.5, 0.6) is 0 Å². The zero-order chi connectivity index (χ0) is 19.5. The van der Waals surface area contributed by atoms with Crippen molar-refractivity contribution >= 4 is 49.3 Å². The van der Waals surface area contributed by atoms with E-state index in [1.165, 1.54) is 35.9 Å². The standard InChI is InChI=1S/C21H25N3O2S2/c1-2-3-12-24-20(26)19-18(15-10-6-7-11-16(15)28-19)23-21(24)27-13-17(25)22-14-8-4-5-9-14/h6-7,10-11,14H,2-5,8-9,12-13H2,1H3,(H,22,25). The summed E-state index contributed by atoms with van der Waals surface area (Å²) in [7, 11) is 0. The third-order valence-electron chi connectivity index (χ3n) is 5.23. The van der Waals surface area contributed by atoms with E-state index in [2.05, 4.69) is 12.2 Å². The highest BCUT2D eigenvalue weighted by Gasteiger charge is 2.19. The van der Waals surface area contributed by atoms with Crippen molar-refractivity contribution in [2.45, 2.75) is 63.2 Å². The molecule has 5 nitrogen and oxygen atoms in total. The molecule has 0 aliphatic heterocycles. The van der Waals surface area contributed by atoms with E-state index in [0.29, 0.717) is 28.2 Å². The molecule has 28 heavy (non-hydrogen) atoms. The van der Waals surface area contributed by atoms with E-state index in [0.717, 1.165) is 41.3 Å². The number of nitrogens with one attached hydrogen (secondary N) is 1. The zero-order valence-corrected chi connectivity index (χ0v) is 17.7. The molecule has 148 valence electrons. The average Bonchev–Trinajstić information content (AvgIpc) is 3.33. The van der Waals surface area contributed by atoms with Crippen LogP contribution in [0.1, 0.15) is 45.4 Å². The summed E-state index contributed by atoms with van der Waals surface area (Å²) in [6, 6.07) is 8.31. The predicted molar refractivity (Wildman–Crippen MR) is 117 cm³/mol. The molecule has 1 amide bonds. The van der Waals surface area contributed by atoms with Gasteiger partial charge in [-0.25, -0.2) is 4.98 Å². The Morgan fingerprint density at radius 3 is 2.89 bits per heavy atom. The fourth-order valence-corrected chi connectivity index (χ4v) is 5.67. The number of benzene rings is 1. The van der Waals surface area contributed by atoms with Gasteiger partial charge >= 0.3 is 0 Å². The van der Waals surface area contributed by atoms with Gasteiger partial charge in [0, 0.05) is 22.7 Å². The average molecular weight is 416 g/mol. The molecule has 1 saturated carbocycles. The maximum atomic E-state index is 13.2. The Bertz CT molecular complexity index is 1050. The number of nitrogens with zero attached hydrogens (tertiary/aromatic N) is 2. The maximum absolute atomic E-state index is 13.2. The van der Waals surface area contributed by atoms with E-state index in [-0.39, 0.29) is 11.5 Å². The summed E-state index contributed by atoms with van der Waals surface area (Å²) in [5, 5.41) is 4.78. The Balaban J connectivity index is 1.65. The topological polar surface area (TPSA) is 64.0 Å². The maximum Gasteiger partial charge on any atom is 0.272 e. The predicted octanol–water partition coefficient (Wildman–Crippen LogP) is 4.56. The van der Waals surface area contributed by atoms with Crippen LogP contribution in [0.4, 0.5) is 0 Å². The lowest BCUT2D eigenvalue weighted by Crippen LogP contribution is -2.34. The van der Waals surface area contributed by atoms with Crippen molar-refractivity contribution in [1.82, 2.24) is 14.9 Å². The van der Waals surface area contributed by atoms with Crippen molar-refractivity contribution in [3.63, 3.8) is 0 Å². The fourth-order valence-electron chi connectivity index (χ4n) is 3.75. The van der Waals surface area contributed by atoms with Gasteiger partial charge in [0.05, 0.1) is 11.3 Å². The van der Waals surface area contributed by atoms with Crippen molar-refractivity contribution in [2.24, 2.45) is 0 Å².